The van der Waals surface area contributed by atoms with Crippen LogP contribution >= 0.6 is 0 Å². The Morgan fingerprint density at radius 3 is 2.73 bits per heavy atom. The number of hydrogen-bond acceptors (Lipinski definition) is 3. The number of ether oxygens (including phenoxy) is 1. The van der Waals surface area contributed by atoms with Gasteiger partial charge in [0.1, 0.15) is 6.04 Å². The normalized spacial score (nSPS) is 22.6. The van der Waals surface area contributed by atoms with Gasteiger partial charge in [-0.3, -0.25) is 9.59 Å². The maximum Gasteiger partial charge on any atom is 0.258 e. The number of carbonyl (C=O) groups excluding carboxylic acids is 2. The molecule has 2 heterocycles. The molecule has 1 unspecified atom stereocenters. The largest absolute Gasteiger partial charge is 0.376 e. The van der Waals surface area contributed by atoms with E-state index in [1.54, 1.807) is 6.07 Å². The molecule has 3 rings (SSSR count). The molecule has 5 nitrogen and oxygen atoms in total. The molecule has 1 N–H and O–H groups in total. The summed E-state index contributed by atoms with van der Waals surface area (Å²) in [4.78, 5) is 26.6. The molecule has 1 atom stereocenters. The minimum atomic E-state index is -0.504. The van der Waals surface area contributed by atoms with Crippen molar-refractivity contribution in [3.63, 3.8) is 0 Å². The molecule has 0 aromatic heterocycles. The first-order valence-electron chi connectivity index (χ1n) is 7.47. The first-order valence-corrected chi connectivity index (χ1v) is 7.47. The fourth-order valence-electron chi connectivity index (χ4n) is 3.09. The van der Waals surface area contributed by atoms with Crippen molar-refractivity contribution in [2.75, 3.05) is 13.2 Å². The van der Waals surface area contributed by atoms with Crippen molar-refractivity contribution in [1.82, 2.24) is 10.2 Å². The SMILES string of the molecule is C=CN(C(=O)c1ccccc1C)C1CCC2(COC2)NC1=O. The number of nitrogens with zero attached hydrogens (tertiary/aromatic N) is 1. The second-order valence-electron chi connectivity index (χ2n) is 6.03. The van der Waals surface area contributed by atoms with E-state index in [1.165, 1.54) is 11.1 Å². The molecule has 0 radical (unpaired) electrons. The highest BCUT2D eigenvalue weighted by Crippen LogP contribution is 2.30. The van der Waals surface area contributed by atoms with Gasteiger partial charge in [0, 0.05) is 11.8 Å². The lowest BCUT2D eigenvalue weighted by Crippen LogP contribution is -2.68. The molecule has 1 spiro atoms. The molecule has 2 aliphatic rings. The fraction of sp³-hybridized carbons (Fsp3) is 0.412. The van der Waals surface area contributed by atoms with E-state index in [-0.39, 0.29) is 17.4 Å². The predicted octanol–water partition coefficient (Wildman–Crippen LogP) is 1.63. The summed E-state index contributed by atoms with van der Waals surface area (Å²) >= 11 is 0. The smallest absolute Gasteiger partial charge is 0.258 e. The molecule has 2 fully saturated rings. The molecule has 0 bridgehead atoms. The standard InChI is InChI=1S/C17H20N2O3/c1-3-19(16(21)13-7-5-4-6-12(13)2)14-8-9-17(10-22-11-17)18-15(14)20/h3-7,14H,1,8-11H2,2H3,(H,18,20). The van der Waals surface area contributed by atoms with Gasteiger partial charge in [0.25, 0.3) is 5.91 Å². The number of carbonyl (C=O) groups is 2. The van der Waals surface area contributed by atoms with Crippen LogP contribution in [0.3, 0.4) is 0 Å². The average molecular weight is 300 g/mol. The van der Waals surface area contributed by atoms with Crippen LogP contribution in [0.4, 0.5) is 0 Å². The Bertz CT molecular complexity index is 622. The van der Waals surface area contributed by atoms with Crippen LogP contribution in [0, 0.1) is 6.92 Å². The van der Waals surface area contributed by atoms with Crippen LogP contribution in [0.5, 0.6) is 0 Å². The van der Waals surface area contributed by atoms with Crippen molar-refractivity contribution in [1.29, 1.82) is 0 Å². The van der Waals surface area contributed by atoms with E-state index < -0.39 is 6.04 Å². The Morgan fingerprint density at radius 1 is 1.45 bits per heavy atom. The number of piperidine rings is 1. The van der Waals surface area contributed by atoms with Gasteiger partial charge < -0.3 is 15.0 Å². The van der Waals surface area contributed by atoms with Crippen LogP contribution < -0.4 is 5.32 Å². The van der Waals surface area contributed by atoms with Gasteiger partial charge in [0.2, 0.25) is 5.91 Å². The second kappa shape index (κ2) is 5.57. The van der Waals surface area contributed by atoms with Gasteiger partial charge in [0.15, 0.2) is 0 Å². The fourth-order valence-corrected chi connectivity index (χ4v) is 3.09. The maximum absolute atomic E-state index is 12.7. The third-order valence-corrected chi connectivity index (χ3v) is 4.49. The molecule has 0 aliphatic carbocycles. The second-order valence-corrected chi connectivity index (χ2v) is 6.03. The summed E-state index contributed by atoms with van der Waals surface area (Å²) in [6.07, 6.45) is 2.89. The summed E-state index contributed by atoms with van der Waals surface area (Å²) < 4.78 is 5.20. The van der Waals surface area contributed by atoms with Crippen LogP contribution in [-0.2, 0) is 9.53 Å². The predicted molar refractivity (Wildman–Crippen MR) is 82.3 cm³/mol. The number of amides is 2. The van der Waals surface area contributed by atoms with Gasteiger partial charge in [0.05, 0.1) is 18.8 Å². The van der Waals surface area contributed by atoms with E-state index in [1.807, 2.05) is 25.1 Å². The topological polar surface area (TPSA) is 58.6 Å². The number of nitrogens with one attached hydrogen (secondary N) is 1. The van der Waals surface area contributed by atoms with Crippen molar-refractivity contribution >= 4 is 11.8 Å². The molecule has 2 amide bonds. The van der Waals surface area contributed by atoms with Crippen molar-refractivity contribution in [3.05, 3.63) is 48.2 Å². The van der Waals surface area contributed by atoms with E-state index in [2.05, 4.69) is 11.9 Å². The van der Waals surface area contributed by atoms with E-state index in [9.17, 15) is 9.59 Å². The summed E-state index contributed by atoms with van der Waals surface area (Å²) in [5.74, 6) is -0.314. The molecule has 22 heavy (non-hydrogen) atoms. The van der Waals surface area contributed by atoms with Gasteiger partial charge in [-0.1, -0.05) is 24.8 Å². The zero-order chi connectivity index (χ0) is 15.7. The average Bonchev–Trinajstić information content (AvgIpc) is 2.48. The van der Waals surface area contributed by atoms with Gasteiger partial charge in [-0.2, -0.15) is 0 Å². The monoisotopic (exact) mass is 300 g/mol. The van der Waals surface area contributed by atoms with Crippen LogP contribution in [0.15, 0.2) is 37.0 Å². The van der Waals surface area contributed by atoms with E-state index >= 15 is 0 Å². The first-order chi connectivity index (χ1) is 10.6. The summed E-state index contributed by atoms with van der Waals surface area (Å²) in [6, 6.07) is 6.86. The third-order valence-electron chi connectivity index (χ3n) is 4.49. The van der Waals surface area contributed by atoms with E-state index in [0.29, 0.717) is 25.2 Å². The van der Waals surface area contributed by atoms with Crippen LogP contribution in [0.2, 0.25) is 0 Å². The minimum absolute atomic E-state index is 0.128. The van der Waals surface area contributed by atoms with Crippen molar-refractivity contribution < 1.29 is 14.3 Å². The Kier molecular flexibility index (Phi) is 3.74. The van der Waals surface area contributed by atoms with Gasteiger partial charge in [-0.05, 0) is 31.4 Å². The summed E-state index contributed by atoms with van der Waals surface area (Å²) in [5.41, 5.74) is 1.27. The Morgan fingerprint density at radius 2 is 2.18 bits per heavy atom. The van der Waals surface area contributed by atoms with Crippen LogP contribution in [0.25, 0.3) is 0 Å². The molecular weight excluding hydrogens is 280 g/mol. The summed E-state index contributed by atoms with van der Waals surface area (Å²) in [5, 5.41) is 3.01. The molecule has 5 heteroatoms. The van der Waals surface area contributed by atoms with E-state index in [4.69, 9.17) is 4.74 Å². The zero-order valence-electron chi connectivity index (χ0n) is 12.7. The van der Waals surface area contributed by atoms with Gasteiger partial charge in [-0.25, -0.2) is 0 Å². The number of benzene rings is 1. The zero-order valence-corrected chi connectivity index (χ0v) is 12.7. The third kappa shape index (κ3) is 2.41. The van der Waals surface area contributed by atoms with Crippen LogP contribution in [0.1, 0.15) is 28.8 Å². The lowest BCUT2D eigenvalue weighted by Gasteiger charge is -2.47. The molecular formula is C17H20N2O3. The summed E-state index contributed by atoms with van der Waals surface area (Å²) in [6.45, 7) is 6.72. The first kappa shape index (κ1) is 14.8. The molecule has 0 saturated carbocycles. The van der Waals surface area contributed by atoms with Crippen molar-refractivity contribution in [3.8, 4) is 0 Å². The molecule has 2 saturated heterocycles. The molecule has 1 aromatic carbocycles. The Hall–Kier alpha value is -2.14. The highest BCUT2D eigenvalue weighted by atomic mass is 16.5. The highest BCUT2D eigenvalue weighted by molar-refractivity contribution is 5.99. The number of rotatable bonds is 3. The maximum atomic E-state index is 12.7. The molecule has 116 valence electrons. The van der Waals surface area contributed by atoms with Crippen molar-refractivity contribution in [2.24, 2.45) is 0 Å². The van der Waals surface area contributed by atoms with Crippen LogP contribution in [-0.4, -0.2) is 41.5 Å². The Balaban J connectivity index is 1.79. The minimum Gasteiger partial charge on any atom is -0.376 e. The molecule has 2 aliphatic heterocycles. The Labute approximate surface area is 129 Å². The quantitative estimate of drug-likeness (QED) is 0.923. The number of hydrogen-bond donors (Lipinski definition) is 1. The van der Waals surface area contributed by atoms with Gasteiger partial charge in [-0.15, -0.1) is 0 Å². The van der Waals surface area contributed by atoms with Crippen molar-refractivity contribution in [2.45, 2.75) is 31.3 Å². The highest BCUT2D eigenvalue weighted by Gasteiger charge is 2.46. The molecule has 1 aromatic rings. The van der Waals surface area contributed by atoms with Gasteiger partial charge >= 0.3 is 0 Å². The lowest BCUT2D eigenvalue weighted by molar-refractivity contribution is -0.144. The lowest BCUT2D eigenvalue weighted by atomic mass is 9.84. The summed E-state index contributed by atoms with van der Waals surface area (Å²) in [7, 11) is 0. The number of aryl methyl sites for hydroxylation is 1. The van der Waals surface area contributed by atoms with E-state index in [0.717, 1.165) is 12.0 Å².